The number of hydrogen-bond acceptors (Lipinski definition) is 4. The molecule has 0 spiro atoms. The molecule has 0 unspecified atom stereocenters. The number of halogens is 1. The zero-order valence-electron chi connectivity index (χ0n) is 17.0. The number of nitrogens with one attached hydrogen (secondary N) is 1. The lowest BCUT2D eigenvalue weighted by molar-refractivity contribution is 0.106. The highest BCUT2D eigenvalue weighted by molar-refractivity contribution is 6.53. The maximum Gasteiger partial charge on any atom is 0.215 e. The molecule has 0 aliphatic heterocycles. The minimum atomic E-state index is -0.238. The van der Waals surface area contributed by atoms with Gasteiger partial charge in [0.1, 0.15) is 5.69 Å². The smallest absolute Gasteiger partial charge is 0.215 e. The highest BCUT2D eigenvalue weighted by atomic mass is 35.5. The molecule has 5 heteroatoms. The largest absolute Gasteiger partial charge is 0.287 e. The summed E-state index contributed by atoms with van der Waals surface area (Å²) in [5, 5.41) is 8.02. The van der Waals surface area contributed by atoms with Gasteiger partial charge in [0.15, 0.2) is 5.71 Å². The maximum atomic E-state index is 13.6. The maximum absolute atomic E-state index is 13.6. The molecule has 1 aromatic heterocycles. The van der Waals surface area contributed by atoms with Crippen LogP contribution in [0.4, 0.5) is 5.69 Å². The summed E-state index contributed by atoms with van der Waals surface area (Å²) in [6.45, 7) is 0. The Hall–Kier alpha value is -4.02. The fraction of sp³-hybridized carbons (Fsp3) is 0. The molecule has 0 aliphatic carbocycles. The fourth-order valence-corrected chi connectivity index (χ4v) is 3.79. The van der Waals surface area contributed by atoms with E-state index in [2.05, 4.69) is 10.5 Å². The number of nitrogens with zero attached hydrogens (tertiary/aromatic N) is 2. The van der Waals surface area contributed by atoms with Gasteiger partial charge in [0, 0.05) is 21.4 Å². The van der Waals surface area contributed by atoms with Crippen LogP contribution in [0.2, 0.25) is 5.02 Å². The number of carbonyl (C=O) groups is 1. The van der Waals surface area contributed by atoms with E-state index in [9.17, 15) is 4.79 Å². The van der Waals surface area contributed by atoms with Crippen molar-refractivity contribution in [2.45, 2.75) is 0 Å². The monoisotopic (exact) mass is 435 g/mol. The quantitative estimate of drug-likeness (QED) is 0.144. The number of benzene rings is 4. The molecule has 5 aromatic rings. The molecule has 0 saturated carbocycles. The highest BCUT2D eigenvalue weighted by Crippen LogP contribution is 2.27. The Bertz CT molecular complexity index is 1460. The molecule has 4 aromatic carbocycles. The SMILES string of the molecule is O=C(/C(=N\Nc1ccccc1)c1nc2ccccc2c2ccccc12)c1ccc(Cl)cc1. The van der Waals surface area contributed by atoms with Gasteiger partial charge in [0.05, 0.1) is 11.2 Å². The summed E-state index contributed by atoms with van der Waals surface area (Å²) in [7, 11) is 0. The van der Waals surface area contributed by atoms with Crippen molar-refractivity contribution >= 4 is 50.5 Å². The molecule has 5 rings (SSSR count). The number of fused-ring (bicyclic) bond motifs is 3. The molecule has 32 heavy (non-hydrogen) atoms. The first kappa shape index (κ1) is 19.9. The lowest BCUT2D eigenvalue weighted by atomic mass is 9.98. The van der Waals surface area contributed by atoms with Gasteiger partial charge >= 0.3 is 0 Å². The van der Waals surface area contributed by atoms with Gasteiger partial charge in [-0.2, -0.15) is 5.10 Å². The number of para-hydroxylation sites is 2. The molecule has 0 aliphatic rings. The third-order valence-electron chi connectivity index (χ3n) is 5.23. The van der Waals surface area contributed by atoms with E-state index in [1.165, 1.54) is 0 Å². The molecule has 1 N–H and O–H groups in total. The summed E-state index contributed by atoms with van der Waals surface area (Å²) in [5.41, 5.74) is 5.85. The molecule has 4 nitrogen and oxygen atoms in total. The van der Waals surface area contributed by atoms with Crippen LogP contribution < -0.4 is 5.43 Å². The molecule has 0 atom stereocenters. The van der Waals surface area contributed by atoms with Crippen LogP contribution in [0.25, 0.3) is 21.7 Å². The standard InChI is InChI=1S/C27H18ClN3O/c28-19-16-14-18(15-17-19)27(32)26(31-30-20-8-2-1-3-9-20)25-23-12-5-4-10-21(23)22-11-6-7-13-24(22)29-25/h1-17,30H/b31-26-. The van der Waals surface area contributed by atoms with Gasteiger partial charge < -0.3 is 0 Å². The molecular weight excluding hydrogens is 418 g/mol. The Morgan fingerprint density at radius 3 is 2.09 bits per heavy atom. The second-order valence-electron chi connectivity index (χ2n) is 7.30. The van der Waals surface area contributed by atoms with Crippen molar-refractivity contribution in [3.63, 3.8) is 0 Å². The molecule has 0 radical (unpaired) electrons. The number of anilines is 1. The van der Waals surface area contributed by atoms with Gasteiger partial charge in [-0.25, -0.2) is 4.98 Å². The van der Waals surface area contributed by atoms with Crippen LogP contribution in [0.1, 0.15) is 16.1 Å². The van der Waals surface area contributed by atoms with Gasteiger partial charge in [-0.05, 0) is 47.9 Å². The van der Waals surface area contributed by atoms with Crippen molar-refractivity contribution in [2.24, 2.45) is 5.10 Å². The normalized spacial score (nSPS) is 11.6. The predicted molar refractivity (Wildman–Crippen MR) is 132 cm³/mol. The van der Waals surface area contributed by atoms with E-state index in [4.69, 9.17) is 16.6 Å². The van der Waals surface area contributed by atoms with E-state index >= 15 is 0 Å². The minimum absolute atomic E-state index is 0.234. The van der Waals surface area contributed by atoms with E-state index in [0.29, 0.717) is 16.3 Å². The van der Waals surface area contributed by atoms with Crippen molar-refractivity contribution in [3.05, 3.63) is 119 Å². The lowest BCUT2D eigenvalue weighted by Gasteiger charge is -2.12. The summed E-state index contributed by atoms with van der Waals surface area (Å²) in [6.07, 6.45) is 0. The molecule has 0 amide bonds. The second kappa shape index (κ2) is 8.61. The van der Waals surface area contributed by atoms with Gasteiger partial charge in [-0.1, -0.05) is 72.3 Å². The topological polar surface area (TPSA) is 54.4 Å². The number of carbonyl (C=O) groups excluding carboxylic acids is 1. The third kappa shape index (κ3) is 3.84. The van der Waals surface area contributed by atoms with Gasteiger partial charge in [0.2, 0.25) is 5.78 Å². The highest BCUT2D eigenvalue weighted by Gasteiger charge is 2.22. The number of ketones is 1. The van der Waals surface area contributed by atoms with Crippen LogP contribution in [0, 0.1) is 0 Å². The van der Waals surface area contributed by atoms with Gasteiger partial charge in [0.25, 0.3) is 0 Å². The van der Waals surface area contributed by atoms with Crippen LogP contribution in [0.5, 0.6) is 0 Å². The van der Waals surface area contributed by atoms with Crippen LogP contribution in [-0.4, -0.2) is 16.5 Å². The number of hydrazone groups is 1. The van der Waals surface area contributed by atoms with Crippen molar-refractivity contribution in [1.29, 1.82) is 0 Å². The summed E-state index contributed by atoms with van der Waals surface area (Å²) >= 11 is 6.03. The summed E-state index contributed by atoms with van der Waals surface area (Å²) in [5.74, 6) is -0.238. The average molecular weight is 436 g/mol. The Balaban J connectivity index is 1.73. The van der Waals surface area contributed by atoms with E-state index < -0.39 is 0 Å². The van der Waals surface area contributed by atoms with Crippen LogP contribution in [0.3, 0.4) is 0 Å². The first-order valence-electron chi connectivity index (χ1n) is 10.2. The molecule has 154 valence electrons. The Labute approximate surface area is 190 Å². The third-order valence-corrected chi connectivity index (χ3v) is 5.48. The van der Waals surface area contributed by atoms with Gasteiger partial charge in [-0.3, -0.25) is 10.2 Å². The Morgan fingerprint density at radius 2 is 1.34 bits per heavy atom. The first-order valence-corrected chi connectivity index (χ1v) is 10.6. The number of pyridine rings is 1. The van der Waals surface area contributed by atoms with E-state index in [0.717, 1.165) is 27.4 Å². The Morgan fingerprint density at radius 1 is 0.719 bits per heavy atom. The summed E-state index contributed by atoms with van der Waals surface area (Å²) in [6, 6.07) is 32.1. The van der Waals surface area contributed by atoms with E-state index in [-0.39, 0.29) is 11.5 Å². The number of Topliss-reactive ketones (excluding diaryl/α,β-unsaturated/α-hetero) is 1. The average Bonchev–Trinajstić information content (AvgIpc) is 2.85. The van der Waals surface area contributed by atoms with Crippen LogP contribution in [0.15, 0.2) is 108 Å². The lowest BCUT2D eigenvalue weighted by Crippen LogP contribution is -2.19. The minimum Gasteiger partial charge on any atom is -0.287 e. The van der Waals surface area contributed by atoms with Crippen molar-refractivity contribution in [1.82, 2.24) is 4.98 Å². The zero-order valence-corrected chi connectivity index (χ0v) is 17.8. The molecule has 0 bridgehead atoms. The summed E-state index contributed by atoms with van der Waals surface area (Å²) < 4.78 is 0. The second-order valence-corrected chi connectivity index (χ2v) is 7.73. The number of rotatable bonds is 5. The molecule has 0 fully saturated rings. The fourth-order valence-electron chi connectivity index (χ4n) is 3.67. The van der Waals surface area contributed by atoms with Crippen molar-refractivity contribution in [3.8, 4) is 0 Å². The molecule has 0 saturated heterocycles. The number of hydrogen-bond donors (Lipinski definition) is 1. The van der Waals surface area contributed by atoms with Gasteiger partial charge in [-0.15, -0.1) is 0 Å². The van der Waals surface area contributed by atoms with E-state index in [1.807, 2.05) is 78.9 Å². The first-order chi connectivity index (χ1) is 15.7. The predicted octanol–water partition coefficient (Wildman–Crippen LogP) is 6.74. The van der Waals surface area contributed by atoms with Crippen LogP contribution >= 0.6 is 11.6 Å². The molecular formula is C27H18ClN3O. The zero-order chi connectivity index (χ0) is 21.9. The van der Waals surface area contributed by atoms with Crippen molar-refractivity contribution < 1.29 is 4.79 Å². The number of aromatic nitrogens is 1. The van der Waals surface area contributed by atoms with Crippen LogP contribution in [-0.2, 0) is 0 Å². The molecule has 1 heterocycles. The summed E-state index contributed by atoms with van der Waals surface area (Å²) in [4.78, 5) is 18.5. The van der Waals surface area contributed by atoms with Crippen molar-refractivity contribution in [2.75, 3.05) is 5.43 Å². The van der Waals surface area contributed by atoms with E-state index in [1.54, 1.807) is 24.3 Å². The Kier molecular flexibility index (Phi) is 5.36.